The molecule has 1 N–H and O–H groups in total. The van der Waals surface area contributed by atoms with Gasteiger partial charge in [0.15, 0.2) is 0 Å². The molecule has 2 amide bonds. The molecule has 2 aliphatic heterocycles. The molecule has 1 fully saturated rings. The lowest BCUT2D eigenvalue weighted by molar-refractivity contribution is -0.138. The number of carbonyl (C=O) groups excluding carboxylic acids is 2. The Morgan fingerprint density at radius 1 is 1.39 bits per heavy atom. The molecule has 0 spiro atoms. The van der Waals surface area contributed by atoms with Crippen LogP contribution in [-0.4, -0.2) is 42.5 Å². The zero-order valence-electron chi connectivity index (χ0n) is 13.6. The number of fused-ring (bicyclic) bond motifs is 1. The van der Waals surface area contributed by atoms with Crippen LogP contribution in [0.15, 0.2) is 24.3 Å². The molecule has 5 nitrogen and oxygen atoms in total. The minimum absolute atomic E-state index is 0.0529. The average molecular weight is 316 g/mol. The summed E-state index contributed by atoms with van der Waals surface area (Å²) in [6.45, 7) is 4.22. The maximum Gasteiger partial charge on any atom is 0.230 e. The first-order chi connectivity index (χ1) is 11.2. The highest BCUT2D eigenvalue weighted by Crippen LogP contribution is 2.34. The molecular formula is C18H24N2O3. The van der Waals surface area contributed by atoms with Crippen LogP contribution in [0, 0.1) is 0 Å². The summed E-state index contributed by atoms with van der Waals surface area (Å²) in [4.78, 5) is 26.8. The van der Waals surface area contributed by atoms with Crippen LogP contribution in [-0.2, 0) is 14.3 Å². The molecule has 0 aliphatic carbocycles. The normalized spacial score (nSPS) is 24.0. The maximum atomic E-state index is 13.0. The van der Waals surface area contributed by atoms with Gasteiger partial charge in [-0.15, -0.1) is 0 Å². The van der Waals surface area contributed by atoms with Crippen LogP contribution in [0.2, 0.25) is 0 Å². The third kappa shape index (κ3) is 3.55. The monoisotopic (exact) mass is 316 g/mol. The molecule has 0 bridgehead atoms. The number of amides is 2. The molecule has 0 aromatic heterocycles. The van der Waals surface area contributed by atoms with E-state index in [1.54, 1.807) is 0 Å². The number of benzene rings is 1. The van der Waals surface area contributed by atoms with Gasteiger partial charge >= 0.3 is 0 Å². The van der Waals surface area contributed by atoms with Crippen molar-refractivity contribution >= 4 is 17.5 Å². The van der Waals surface area contributed by atoms with Crippen molar-refractivity contribution in [2.45, 2.75) is 44.6 Å². The van der Waals surface area contributed by atoms with Crippen LogP contribution in [0.4, 0.5) is 5.69 Å². The van der Waals surface area contributed by atoms with E-state index in [0.29, 0.717) is 6.54 Å². The summed E-state index contributed by atoms with van der Waals surface area (Å²) in [6.07, 6.45) is 3.31. The number of hydrogen-bond donors (Lipinski definition) is 1. The highest BCUT2D eigenvalue weighted by atomic mass is 16.5. The van der Waals surface area contributed by atoms with E-state index in [1.165, 1.54) is 0 Å². The Morgan fingerprint density at radius 3 is 3.04 bits per heavy atom. The second-order valence-corrected chi connectivity index (χ2v) is 6.31. The molecule has 124 valence electrons. The quantitative estimate of drug-likeness (QED) is 0.928. The van der Waals surface area contributed by atoms with Gasteiger partial charge in [0.1, 0.15) is 0 Å². The minimum Gasteiger partial charge on any atom is -0.376 e. The summed E-state index contributed by atoms with van der Waals surface area (Å²) in [5.74, 6) is -0.403. The Morgan fingerprint density at radius 2 is 2.22 bits per heavy atom. The maximum absolute atomic E-state index is 13.0. The molecule has 2 aliphatic rings. The van der Waals surface area contributed by atoms with Crippen molar-refractivity contribution in [2.75, 3.05) is 25.0 Å². The second-order valence-electron chi connectivity index (χ2n) is 6.31. The van der Waals surface area contributed by atoms with Gasteiger partial charge in [-0.1, -0.05) is 25.1 Å². The molecule has 5 heteroatoms. The van der Waals surface area contributed by atoms with E-state index in [-0.39, 0.29) is 30.3 Å². The lowest BCUT2D eigenvalue weighted by Gasteiger charge is -2.36. The number of anilines is 1. The summed E-state index contributed by atoms with van der Waals surface area (Å²) in [5, 5.41) is 2.85. The number of piperidine rings is 1. The highest BCUT2D eigenvalue weighted by molar-refractivity contribution is 6.01. The lowest BCUT2D eigenvalue weighted by atomic mass is 9.88. The van der Waals surface area contributed by atoms with Crippen molar-refractivity contribution in [1.82, 2.24) is 4.90 Å². The largest absolute Gasteiger partial charge is 0.376 e. The molecule has 1 saturated heterocycles. The van der Waals surface area contributed by atoms with Crippen molar-refractivity contribution in [1.29, 1.82) is 0 Å². The van der Waals surface area contributed by atoms with Gasteiger partial charge in [0.25, 0.3) is 0 Å². The van der Waals surface area contributed by atoms with Gasteiger partial charge in [0.05, 0.1) is 12.0 Å². The summed E-state index contributed by atoms with van der Waals surface area (Å²) < 4.78 is 5.82. The van der Waals surface area contributed by atoms with Crippen molar-refractivity contribution < 1.29 is 14.3 Å². The Bertz CT molecular complexity index is 587. The summed E-state index contributed by atoms with van der Waals surface area (Å²) in [7, 11) is 0. The number of rotatable bonds is 4. The van der Waals surface area contributed by atoms with E-state index in [2.05, 4.69) is 12.2 Å². The van der Waals surface area contributed by atoms with Gasteiger partial charge in [-0.3, -0.25) is 9.59 Å². The van der Waals surface area contributed by atoms with E-state index >= 15 is 0 Å². The number of ether oxygens (including phenoxy) is 1. The first kappa shape index (κ1) is 16.0. The standard InChI is InChI=1S/C18H24N2O3/c1-2-10-23-13-6-5-9-20(12-13)18(22)15-11-17(21)19-16-8-4-3-7-14(15)16/h3-4,7-8,13,15H,2,5-6,9-12H2,1H3,(H,19,21)/t13-,15+/m1/s1. The van der Waals surface area contributed by atoms with Crippen molar-refractivity contribution in [3.63, 3.8) is 0 Å². The fourth-order valence-electron chi connectivity index (χ4n) is 3.41. The van der Waals surface area contributed by atoms with Gasteiger partial charge in [0, 0.05) is 31.8 Å². The molecule has 3 rings (SSSR count). The molecular weight excluding hydrogens is 292 g/mol. The van der Waals surface area contributed by atoms with Crippen LogP contribution in [0.1, 0.15) is 44.1 Å². The van der Waals surface area contributed by atoms with E-state index < -0.39 is 0 Å². The lowest BCUT2D eigenvalue weighted by Crippen LogP contribution is -2.46. The van der Waals surface area contributed by atoms with Crippen LogP contribution in [0.3, 0.4) is 0 Å². The number of hydrogen-bond acceptors (Lipinski definition) is 3. The predicted octanol–water partition coefficient (Wildman–Crippen LogP) is 2.53. The van der Waals surface area contributed by atoms with Gasteiger partial charge in [-0.05, 0) is 30.9 Å². The molecule has 23 heavy (non-hydrogen) atoms. The third-order valence-corrected chi connectivity index (χ3v) is 4.55. The average Bonchev–Trinajstić information content (AvgIpc) is 2.58. The summed E-state index contributed by atoms with van der Waals surface area (Å²) in [5.41, 5.74) is 1.69. The zero-order chi connectivity index (χ0) is 16.2. The number of nitrogens with zero attached hydrogens (tertiary/aromatic N) is 1. The van der Waals surface area contributed by atoms with Crippen LogP contribution in [0.5, 0.6) is 0 Å². The topological polar surface area (TPSA) is 58.6 Å². The third-order valence-electron chi connectivity index (χ3n) is 4.55. The molecule has 0 saturated carbocycles. The Labute approximate surface area is 137 Å². The minimum atomic E-state index is -0.370. The number of carbonyl (C=O) groups is 2. The smallest absolute Gasteiger partial charge is 0.230 e. The van der Waals surface area contributed by atoms with Gasteiger partial charge in [-0.2, -0.15) is 0 Å². The fourth-order valence-corrected chi connectivity index (χ4v) is 3.41. The van der Waals surface area contributed by atoms with E-state index in [4.69, 9.17) is 4.74 Å². The molecule has 2 heterocycles. The summed E-state index contributed by atoms with van der Waals surface area (Å²) >= 11 is 0. The fraction of sp³-hybridized carbons (Fsp3) is 0.556. The van der Waals surface area contributed by atoms with E-state index in [9.17, 15) is 9.59 Å². The van der Waals surface area contributed by atoms with Crippen LogP contribution >= 0.6 is 0 Å². The molecule has 2 atom stereocenters. The number of likely N-dealkylation sites (tertiary alicyclic amines) is 1. The highest BCUT2D eigenvalue weighted by Gasteiger charge is 2.35. The van der Waals surface area contributed by atoms with Gasteiger partial charge in [-0.25, -0.2) is 0 Å². The zero-order valence-corrected chi connectivity index (χ0v) is 13.6. The SMILES string of the molecule is CCCO[C@@H]1CCCN(C(=O)[C@H]2CC(=O)Nc3ccccc32)C1. The molecule has 1 aromatic rings. The first-order valence-electron chi connectivity index (χ1n) is 8.48. The van der Waals surface area contributed by atoms with Gasteiger partial charge < -0.3 is 15.0 Å². The van der Waals surface area contributed by atoms with Crippen molar-refractivity contribution in [2.24, 2.45) is 0 Å². The van der Waals surface area contributed by atoms with Crippen LogP contribution < -0.4 is 5.32 Å². The molecule has 1 aromatic carbocycles. The Balaban J connectivity index is 1.74. The van der Waals surface area contributed by atoms with Crippen molar-refractivity contribution in [3.05, 3.63) is 29.8 Å². The van der Waals surface area contributed by atoms with Gasteiger partial charge in [0.2, 0.25) is 11.8 Å². The Hall–Kier alpha value is -1.88. The number of nitrogens with one attached hydrogen (secondary N) is 1. The van der Waals surface area contributed by atoms with E-state index in [1.807, 2.05) is 29.2 Å². The van der Waals surface area contributed by atoms with Crippen molar-refractivity contribution in [3.8, 4) is 0 Å². The first-order valence-corrected chi connectivity index (χ1v) is 8.48. The predicted molar refractivity (Wildman–Crippen MR) is 88.3 cm³/mol. The second kappa shape index (κ2) is 7.13. The Kier molecular flexibility index (Phi) is 4.96. The number of para-hydroxylation sites is 1. The molecule has 0 unspecified atom stereocenters. The van der Waals surface area contributed by atoms with E-state index in [0.717, 1.165) is 43.7 Å². The van der Waals surface area contributed by atoms with Crippen LogP contribution in [0.25, 0.3) is 0 Å². The molecule has 0 radical (unpaired) electrons. The summed E-state index contributed by atoms with van der Waals surface area (Å²) in [6, 6.07) is 7.59.